The van der Waals surface area contributed by atoms with Crippen LogP contribution in [0.2, 0.25) is 5.02 Å². The smallest absolute Gasteiger partial charge is 0.115 e. The van der Waals surface area contributed by atoms with Crippen LogP contribution in [-0.2, 0) is 6.54 Å². The normalized spacial score (nSPS) is 11.8. The third kappa shape index (κ3) is 2.88. The molecule has 0 spiro atoms. The van der Waals surface area contributed by atoms with Gasteiger partial charge >= 0.3 is 0 Å². The summed E-state index contributed by atoms with van der Waals surface area (Å²) in [5.41, 5.74) is 3.34. The molecule has 0 unspecified atom stereocenters. The van der Waals surface area contributed by atoms with E-state index in [1.54, 1.807) is 6.33 Å². The molecule has 1 aromatic heterocycles. The summed E-state index contributed by atoms with van der Waals surface area (Å²) in [6, 6.07) is 13.8. The first-order valence-corrected chi connectivity index (χ1v) is 7.42. The molecule has 0 fully saturated rings. The van der Waals surface area contributed by atoms with Crippen molar-refractivity contribution in [1.82, 2.24) is 9.55 Å². The average Bonchev–Trinajstić information content (AvgIpc) is 2.89. The number of hydrogen-bond acceptors (Lipinski definition) is 3. The molecule has 4 nitrogen and oxygen atoms in total. The van der Waals surface area contributed by atoms with E-state index < -0.39 is 5.54 Å². The van der Waals surface area contributed by atoms with E-state index in [9.17, 15) is 4.91 Å². The molecule has 3 aromatic rings. The molecule has 0 amide bonds. The lowest BCUT2D eigenvalue weighted by atomic mass is 10.0. The highest BCUT2D eigenvalue weighted by Crippen LogP contribution is 2.26. The van der Waals surface area contributed by atoms with Crippen LogP contribution in [0.5, 0.6) is 0 Å². The van der Waals surface area contributed by atoms with E-state index in [1.165, 1.54) is 0 Å². The van der Waals surface area contributed by atoms with Crippen molar-refractivity contribution >= 4 is 22.6 Å². The molecule has 22 heavy (non-hydrogen) atoms. The Labute approximate surface area is 133 Å². The van der Waals surface area contributed by atoms with E-state index in [0.29, 0.717) is 11.6 Å². The third-order valence-electron chi connectivity index (χ3n) is 3.58. The van der Waals surface area contributed by atoms with Crippen molar-refractivity contribution in [3.8, 4) is 11.1 Å². The van der Waals surface area contributed by atoms with Gasteiger partial charge in [-0.15, -0.1) is 0 Å². The summed E-state index contributed by atoms with van der Waals surface area (Å²) < 4.78 is 1.96. The van der Waals surface area contributed by atoms with Gasteiger partial charge in [0, 0.05) is 5.02 Å². The summed E-state index contributed by atoms with van der Waals surface area (Å²) in [6.45, 7) is 4.13. The second-order valence-electron chi connectivity index (χ2n) is 5.99. The number of nitroso groups, excluding NO2 is 1. The van der Waals surface area contributed by atoms with Crippen LogP contribution in [-0.4, -0.2) is 15.1 Å². The molecule has 3 rings (SSSR count). The van der Waals surface area contributed by atoms with Crippen LogP contribution in [0.3, 0.4) is 0 Å². The number of halogens is 1. The van der Waals surface area contributed by atoms with E-state index in [1.807, 2.05) is 60.9 Å². The molecule has 0 saturated carbocycles. The summed E-state index contributed by atoms with van der Waals surface area (Å²) >= 11 is 6.05. The second kappa shape index (κ2) is 5.54. The third-order valence-corrected chi connectivity index (χ3v) is 3.82. The quantitative estimate of drug-likeness (QED) is 0.643. The van der Waals surface area contributed by atoms with Gasteiger partial charge in [-0.25, -0.2) is 4.98 Å². The first kappa shape index (κ1) is 14.7. The number of imidazole rings is 1. The Morgan fingerprint density at radius 2 is 1.95 bits per heavy atom. The van der Waals surface area contributed by atoms with Gasteiger partial charge in [0.1, 0.15) is 5.54 Å². The van der Waals surface area contributed by atoms with Crippen LogP contribution in [0, 0.1) is 4.91 Å². The summed E-state index contributed by atoms with van der Waals surface area (Å²) in [5, 5.41) is 3.87. The van der Waals surface area contributed by atoms with Gasteiger partial charge in [0.25, 0.3) is 0 Å². The van der Waals surface area contributed by atoms with Crippen LogP contribution in [0.15, 0.2) is 54.0 Å². The first-order chi connectivity index (χ1) is 10.5. The van der Waals surface area contributed by atoms with Crippen LogP contribution in [0.25, 0.3) is 22.2 Å². The molecule has 0 saturated heterocycles. The molecule has 0 aliphatic rings. The first-order valence-electron chi connectivity index (χ1n) is 7.04. The van der Waals surface area contributed by atoms with Crippen LogP contribution in [0.1, 0.15) is 13.8 Å². The molecule has 2 aromatic carbocycles. The zero-order valence-corrected chi connectivity index (χ0v) is 13.2. The van der Waals surface area contributed by atoms with Crippen LogP contribution >= 0.6 is 11.6 Å². The van der Waals surface area contributed by atoms with Gasteiger partial charge in [0.15, 0.2) is 0 Å². The minimum atomic E-state index is -0.654. The topological polar surface area (TPSA) is 47.2 Å². The largest absolute Gasteiger partial charge is 0.328 e. The van der Waals surface area contributed by atoms with E-state index >= 15 is 0 Å². The molecule has 0 N–H and O–H groups in total. The fourth-order valence-electron chi connectivity index (χ4n) is 2.48. The van der Waals surface area contributed by atoms with Gasteiger partial charge in [0.05, 0.1) is 23.9 Å². The molecule has 0 aliphatic heterocycles. The maximum absolute atomic E-state index is 10.9. The minimum absolute atomic E-state index is 0.503. The molecule has 0 bridgehead atoms. The van der Waals surface area contributed by atoms with Gasteiger partial charge in [-0.05, 0) is 49.2 Å². The number of benzene rings is 2. The highest BCUT2D eigenvalue weighted by atomic mass is 35.5. The van der Waals surface area contributed by atoms with Crippen molar-refractivity contribution in [2.75, 3.05) is 0 Å². The Hall–Kier alpha value is -2.20. The van der Waals surface area contributed by atoms with Crippen molar-refractivity contribution in [2.45, 2.75) is 25.9 Å². The van der Waals surface area contributed by atoms with E-state index in [0.717, 1.165) is 22.2 Å². The van der Waals surface area contributed by atoms with E-state index in [4.69, 9.17) is 11.6 Å². The molecule has 0 aliphatic carbocycles. The summed E-state index contributed by atoms with van der Waals surface area (Å²) in [4.78, 5) is 15.3. The number of nitrogens with zero attached hydrogens (tertiary/aromatic N) is 3. The second-order valence-corrected chi connectivity index (χ2v) is 6.43. The Balaban J connectivity index is 2.01. The number of aromatic nitrogens is 2. The molecular weight excluding hydrogens is 298 g/mol. The Morgan fingerprint density at radius 3 is 2.68 bits per heavy atom. The maximum atomic E-state index is 10.9. The van der Waals surface area contributed by atoms with Crippen LogP contribution < -0.4 is 0 Å². The molecule has 112 valence electrons. The lowest BCUT2D eigenvalue weighted by molar-refractivity contribution is 0.439. The van der Waals surface area contributed by atoms with Gasteiger partial charge in [0.2, 0.25) is 0 Å². The number of hydrogen-bond donors (Lipinski definition) is 0. The summed E-state index contributed by atoms with van der Waals surface area (Å²) in [7, 11) is 0. The molecular formula is C17H16ClN3O. The van der Waals surface area contributed by atoms with Crippen molar-refractivity contribution in [3.05, 3.63) is 58.7 Å². The number of fused-ring (bicyclic) bond motifs is 1. The van der Waals surface area contributed by atoms with Crippen molar-refractivity contribution in [3.63, 3.8) is 0 Å². The van der Waals surface area contributed by atoms with Gasteiger partial charge < -0.3 is 4.57 Å². The Bertz CT molecular complexity index is 839. The van der Waals surface area contributed by atoms with Crippen molar-refractivity contribution < 1.29 is 0 Å². The van der Waals surface area contributed by atoms with Gasteiger partial charge in [-0.1, -0.05) is 35.0 Å². The lowest BCUT2D eigenvalue weighted by Crippen LogP contribution is -2.23. The van der Waals surface area contributed by atoms with E-state index in [-0.39, 0.29) is 0 Å². The van der Waals surface area contributed by atoms with E-state index in [2.05, 4.69) is 10.2 Å². The highest BCUT2D eigenvalue weighted by molar-refractivity contribution is 6.30. The standard InChI is InChI=1S/C17H16ClN3O/c1-17(2,20-22)10-21-11-19-15-9-13(6-7-16(15)21)12-4-3-5-14(18)8-12/h3-9,11H,10H2,1-2H3. The zero-order chi connectivity index (χ0) is 15.7. The maximum Gasteiger partial charge on any atom is 0.115 e. The van der Waals surface area contributed by atoms with Gasteiger partial charge in [-0.2, -0.15) is 4.91 Å². The fourth-order valence-corrected chi connectivity index (χ4v) is 2.67. The fraction of sp³-hybridized carbons (Fsp3) is 0.235. The Kier molecular flexibility index (Phi) is 3.71. The highest BCUT2D eigenvalue weighted by Gasteiger charge is 2.20. The van der Waals surface area contributed by atoms with Gasteiger partial charge in [-0.3, -0.25) is 0 Å². The number of rotatable bonds is 4. The van der Waals surface area contributed by atoms with Crippen LogP contribution in [0.4, 0.5) is 0 Å². The predicted octanol–water partition coefficient (Wildman–Crippen LogP) is 4.90. The molecule has 0 radical (unpaired) electrons. The summed E-state index contributed by atoms with van der Waals surface area (Å²) in [6.07, 6.45) is 1.75. The lowest BCUT2D eigenvalue weighted by Gasteiger charge is -2.16. The molecule has 1 heterocycles. The average molecular weight is 314 g/mol. The zero-order valence-electron chi connectivity index (χ0n) is 12.5. The molecule has 0 atom stereocenters. The predicted molar refractivity (Wildman–Crippen MR) is 90.1 cm³/mol. The summed E-state index contributed by atoms with van der Waals surface area (Å²) in [5.74, 6) is 0. The molecule has 5 heteroatoms. The van der Waals surface area contributed by atoms with Crippen molar-refractivity contribution in [2.24, 2.45) is 5.18 Å². The minimum Gasteiger partial charge on any atom is -0.328 e. The van der Waals surface area contributed by atoms with Crippen molar-refractivity contribution in [1.29, 1.82) is 0 Å². The Morgan fingerprint density at radius 1 is 1.18 bits per heavy atom. The monoisotopic (exact) mass is 313 g/mol. The SMILES string of the molecule is CC(C)(Cn1cnc2cc(-c3cccc(Cl)c3)ccc21)N=O.